The molecular formula is C24H23ClN6O2S. The number of rotatable bonds is 3. The van der Waals surface area contributed by atoms with Gasteiger partial charge in [0, 0.05) is 21.4 Å². The van der Waals surface area contributed by atoms with Gasteiger partial charge in [-0.3, -0.25) is 14.7 Å². The molecule has 174 valence electrons. The van der Waals surface area contributed by atoms with E-state index in [2.05, 4.69) is 36.6 Å². The van der Waals surface area contributed by atoms with Crippen molar-refractivity contribution in [2.75, 3.05) is 5.32 Å². The topological polar surface area (TPSA) is 97.9 Å². The van der Waals surface area contributed by atoms with Crippen molar-refractivity contribution in [3.63, 3.8) is 0 Å². The average Bonchev–Trinajstić information content (AvgIpc) is 3.53. The molecular weight excluding hydrogens is 472 g/mol. The first-order chi connectivity index (χ1) is 16.4. The Hall–Kier alpha value is -3.01. The molecule has 2 N–H and O–H groups in total. The van der Waals surface area contributed by atoms with Crippen LogP contribution in [0.5, 0.6) is 0 Å². The van der Waals surface area contributed by atoms with E-state index >= 15 is 0 Å². The second-order valence-corrected chi connectivity index (χ2v) is 10.3. The Bertz CT molecular complexity index is 1420. The number of nitrogens with one attached hydrogen (secondary N) is 2. The summed E-state index contributed by atoms with van der Waals surface area (Å²) in [6.45, 7) is 6.18. The average molecular weight is 495 g/mol. The molecule has 1 aromatic carbocycles. The number of hydrogen-bond acceptors (Lipinski definition) is 7. The van der Waals surface area contributed by atoms with Crippen molar-refractivity contribution in [1.82, 2.24) is 25.2 Å². The highest BCUT2D eigenvalue weighted by atomic mass is 35.5. The molecule has 3 aromatic heterocycles. The Kier molecular flexibility index (Phi) is 5.09. The van der Waals surface area contributed by atoms with Gasteiger partial charge in [0.1, 0.15) is 22.2 Å². The number of anilines is 1. The molecule has 0 fully saturated rings. The summed E-state index contributed by atoms with van der Waals surface area (Å²) in [5, 5.41) is 21.2. The summed E-state index contributed by atoms with van der Waals surface area (Å²) in [5.41, 5.74) is 4.76. The lowest BCUT2D eigenvalue weighted by Crippen LogP contribution is -2.25. The molecule has 6 rings (SSSR count). The van der Waals surface area contributed by atoms with Crippen LogP contribution in [0, 0.1) is 26.7 Å². The number of fused-ring (bicyclic) bond motifs is 5. The van der Waals surface area contributed by atoms with Crippen LogP contribution in [0.25, 0.3) is 5.00 Å². The molecule has 0 radical (unpaired) electrons. The Balaban J connectivity index is 1.41. The van der Waals surface area contributed by atoms with E-state index in [9.17, 15) is 4.79 Å². The van der Waals surface area contributed by atoms with E-state index < -0.39 is 0 Å². The Labute approximate surface area is 205 Å². The fourth-order valence-corrected chi connectivity index (χ4v) is 6.79. The third-order valence-corrected chi connectivity index (χ3v) is 8.31. The molecule has 2 aliphatic rings. The predicted octanol–water partition coefficient (Wildman–Crippen LogP) is 4.44. The minimum absolute atomic E-state index is 0.0106. The van der Waals surface area contributed by atoms with E-state index in [-0.39, 0.29) is 17.9 Å². The van der Waals surface area contributed by atoms with Gasteiger partial charge in [0.2, 0.25) is 5.91 Å². The van der Waals surface area contributed by atoms with E-state index in [1.165, 1.54) is 16.0 Å². The first-order valence-electron chi connectivity index (χ1n) is 11.2. The summed E-state index contributed by atoms with van der Waals surface area (Å²) in [7, 11) is 0. The number of carbonyl (C=O) groups excluding carboxylic acids is 1. The normalized spacial score (nSPS) is 18.8. The van der Waals surface area contributed by atoms with Crippen molar-refractivity contribution in [2.45, 2.75) is 46.2 Å². The summed E-state index contributed by atoms with van der Waals surface area (Å²) < 4.78 is 7.35. The van der Waals surface area contributed by atoms with Crippen molar-refractivity contribution in [2.24, 2.45) is 5.92 Å². The number of nitrogens with zero attached hydrogens (tertiary/aromatic N) is 4. The zero-order chi connectivity index (χ0) is 23.6. The van der Waals surface area contributed by atoms with Gasteiger partial charge in [0.25, 0.3) is 0 Å². The highest BCUT2D eigenvalue weighted by Gasteiger charge is 2.38. The van der Waals surface area contributed by atoms with Gasteiger partial charge in [-0.1, -0.05) is 35.0 Å². The second-order valence-electron chi connectivity index (χ2n) is 8.85. The van der Waals surface area contributed by atoms with Crippen LogP contribution in [0.15, 0.2) is 28.8 Å². The molecule has 8 nitrogen and oxygen atoms in total. The minimum Gasteiger partial charge on any atom is -0.359 e. The quantitative estimate of drug-likeness (QED) is 0.437. The first-order valence-corrected chi connectivity index (χ1v) is 12.4. The molecule has 0 saturated carbocycles. The van der Waals surface area contributed by atoms with E-state index in [1.54, 1.807) is 18.3 Å². The Morgan fingerprint density at radius 2 is 2.06 bits per heavy atom. The molecule has 4 aromatic rings. The Morgan fingerprint density at radius 3 is 2.82 bits per heavy atom. The van der Waals surface area contributed by atoms with Gasteiger partial charge in [0.15, 0.2) is 11.6 Å². The van der Waals surface area contributed by atoms with Crippen molar-refractivity contribution in [3.8, 4) is 5.00 Å². The van der Waals surface area contributed by atoms with Crippen molar-refractivity contribution >= 4 is 34.5 Å². The highest BCUT2D eigenvalue weighted by molar-refractivity contribution is 7.15. The fourth-order valence-electron chi connectivity index (χ4n) is 5.03. The van der Waals surface area contributed by atoms with E-state index in [1.807, 2.05) is 32.0 Å². The van der Waals surface area contributed by atoms with Gasteiger partial charge in [-0.15, -0.1) is 21.5 Å². The molecule has 2 atom stereocenters. The van der Waals surface area contributed by atoms with Gasteiger partial charge in [-0.25, -0.2) is 0 Å². The first kappa shape index (κ1) is 21.5. The Morgan fingerprint density at radius 1 is 1.24 bits per heavy atom. The molecule has 1 aliphatic carbocycles. The van der Waals surface area contributed by atoms with Gasteiger partial charge < -0.3 is 9.84 Å². The maximum atomic E-state index is 13.2. The lowest BCUT2D eigenvalue weighted by Gasteiger charge is -2.20. The molecule has 34 heavy (non-hydrogen) atoms. The SMILES string of the molecule is Cc1noc(C)c1NC(=O)[C@@H]1Cc2sc3c(c2C1)[C@H](c1ccccc1Cl)NCc1nnc(C)n1-3. The maximum absolute atomic E-state index is 13.2. The molecule has 4 heterocycles. The summed E-state index contributed by atoms with van der Waals surface area (Å²) in [6.07, 6.45) is 1.35. The summed E-state index contributed by atoms with van der Waals surface area (Å²) in [6, 6.07) is 7.82. The largest absolute Gasteiger partial charge is 0.359 e. The smallest absolute Gasteiger partial charge is 0.228 e. The van der Waals surface area contributed by atoms with Crippen LogP contribution >= 0.6 is 22.9 Å². The summed E-state index contributed by atoms with van der Waals surface area (Å²) in [5.74, 6) is 2.18. The molecule has 0 saturated heterocycles. The van der Waals surface area contributed by atoms with Crippen LogP contribution in [0.2, 0.25) is 5.02 Å². The molecule has 1 aliphatic heterocycles. The van der Waals surface area contributed by atoms with Gasteiger partial charge >= 0.3 is 0 Å². The lowest BCUT2D eigenvalue weighted by atomic mass is 9.94. The fraction of sp³-hybridized carbons (Fsp3) is 0.333. The van der Waals surface area contributed by atoms with Crippen molar-refractivity contribution < 1.29 is 9.32 Å². The lowest BCUT2D eigenvalue weighted by molar-refractivity contribution is -0.119. The number of thiophene rings is 1. The summed E-state index contributed by atoms with van der Waals surface area (Å²) in [4.78, 5) is 14.4. The number of hydrogen-bond donors (Lipinski definition) is 2. The van der Waals surface area contributed by atoms with Crippen molar-refractivity contribution in [1.29, 1.82) is 0 Å². The van der Waals surface area contributed by atoms with Gasteiger partial charge in [-0.2, -0.15) is 0 Å². The molecule has 1 amide bonds. The van der Waals surface area contributed by atoms with Crippen LogP contribution in [-0.2, 0) is 24.2 Å². The second kappa shape index (κ2) is 8.04. The third kappa shape index (κ3) is 3.30. The number of aryl methyl sites for hydroxylation is 3. The summed E-state index contributed by atoms with van der Waals surface area (Å²) >= 11 is 8.38. The number of benzene rings is 1. The van der Waals surface area contributed by atoms with E-state index in [0.717, 1.165) is 22.2 Å². The molecule has 0 bridgehead atoms. The van der Waals surface area contributed by atoms with Crippen LogP contribution in [0.3, 0.4) is 0 Å². The number of halogens is 1. The molecule has 0 spiro atoms. The molecule has 0 unspecified atom stereocenters. The highest BCUT2D eigenvalue weighted by Crippen LogP contribution is 2.47. The van der Waals surface area contributed by atoms with Crippen molar-refractivity contribution in [3.05, 3.63) is 74.0 Å². The molecule has 10 heteroatoms. The van der Waals surface area contributed by atoms with E-state index in [0.29, 0.717) is 41.6 Å². The zero-order valence-corrected chi connectivity index (χ0v) is 20.5. The standard InChI is InChI=1S/C24H23ClN6O2S/c1-11-21(12(2)33-30-11)27-23(32)14-8-16-18(9-14)34-24-20(16)22(15-6-4-5-7-17(15)25)26-10-19-29-28-13(3)31(19)24/h4-7,14,22,26H,8-10H2,1-3H3,(H,27,32)/t14-,22-/m0/s1. The van der Waals surface area contributed by atoms with Crippen LogP contribution in [0.4, 0.5) is 5.69 Å². The van der Waals surface area contributed by atoms with Crippen LogP contribution < -0.4 is 10.6 Å². The van der Waals surface area contributed by atoms with Gasteiger partial charge in [0.05, 0.1) is 12.6 Å². The monoisotopic (exact) mass is 494 g/mol. The maximum Gasteiger partial charge on any atom is 0.228 e. The predicted molar refractivity (Wildman–Crippen MR) is 130 cm³/mol. The van der Waals surface area contributed by atoms with Crippen LogP contribution in [-0.4, -0.2) is 25.8 Å². The third-order valence-electron chi connectivity index (χ3n) is 6.71. The number of aromatic nitrogens is 4. The minimum atomic E-state index is -0.156. The van der Waals surface area contributed by atoms with Gasteiger partial charge in [-0.05, 0) is 50.8 Å². The zero-order valence-electron chi connectivity index (χ0n) is 19.0. The van der Waals surface area contributed by atoms with E-state index in [4.69, 9.17) is 16.1 Å². The van der Waals surface area contributed by atoms with Crippen LogP contribution in [0.1, 0.15) is 50.7 Å². The number of amides is 1. The number of carbonyl (C=O) groups is 1.